The standard InChI is InChI=1S/C15H20N4O/c1-4-20-9-15-18-13(16)8-14(19-15)17-12-7-10(2)5-6-11(12)3/h5-8H,4,9H2,1-3H3,(H3,16,17,18,19). The number of hydrogen-bond acceptors (Lipinski definition) is 5. The van der Waals surface area contributed by atoms with E-state index in [2.05, 4.69) is 40.4 Å². The van der Waals surface area contributed by atoms with Crippen LogP contribution in [0, 0.1) is 13.8 Å². The lowest BCUT2D eigenvalue weighted by Crippen LogP contribution is -2.05. The van der Waals surface area contributed by atoms with E-state index in [0.717, 1.165) is 11.3 Å². The van der Waals surface area contributed by atoms with Gasteiger partial charge in [0.25, 0.3) is 0 Å². The van der Waals surface area contributed by atoms with Gasteiger partial charge >= 0.3 is 0 Å². The number of rotatable bonds is 5. The molecule has 0 fully saturated rings. The predicted octanol–water partition coefficient (Wildman–Crippen LogP) is 2.96. The quantitative estimate of drug-likeness (QED) is 0.875. The molecule has 0 atom stereocenters. The largest absolute Gasteiger partial charge is 0.384 e. The molecule has 0 saturated carbocycles. The van der Waals surface area contributed by atoms with E-state index in [0.29, 0.717) is 30.7 Å². The number of nitrogens with zero attached hydrogens (tertiary/aromatic N) is 2. The van der Waals surface area contributed by atoms with Crippen molar-refractivity contribution in [2.45, 2.75) is 27.4 Å². The van der Waals surface area contributed by atoms with E-state index in [1.165, 1.54) is 5.56 Å². The van der Waals surface area contributed by atoms with Gasteiger partial charge in [-0.15, -0.1) is 0 Å². The molecule has 106 valence electrons. The van der Waals surface area contributed by atoms with Gasteiger partial charge in [-0.1, -0.05) is 12.1 Å². The molecule has 0 radical (unpaired) electrons. The number of ether oxygens (including phenoxy) is 1. The molecule has 0 unspecified atom stereocenters. The van der Waals surface area contributed by atoms with Crippen molar-refractivity contribution in [2.75, 3.05) is 17.7 Å². The van der Waals surface area contributed by atoms with Gasteiger partial charge in [-0.25, -0.2) is 9.97 Å². The zero-order valence-corrected chi connectivity index (χ0v) is 12.1. The minimum atomic E-state index is 0.364. The summed E-state index contributed by atoms with van der Waals surface area (Å²) in [4.78, 5) is 8.56. The van der Waals surface area contributed by atoms with Crippen molar-refractivity contribution in [3.05, 3.63) is 41.2 Å². The lowest BCUT2D eigenvalue weighted by molar-refractivity contribution is 0.128. The van der Waals surface area contributed by atoms with Crippen LogP contribution in [0.5, 0.6) is 0 Å². The maximum atomic E-state index is 5.81. The first-order chi connectivity index (χ1) is 9.58. The molecule has 0 amide bonds. The highest BCUT2D eigenvalue weighted by atomic mass is 16.5. The summed E-state index contributed by atoms with van der Waals surface area (Å²) in [6, 6.07) is 7.95. The van der Waals surface area contributed by atoms with E-state index in [-0.39, 0.29) is 0 Å². The van der Waals surface area contributed by atoms with Crippen LogP contribution in [0.1, 0.15) is 23.9 Å². The van der Waals surface area contributed by atoms with Crippen LogP contribution in [0.3, 0.4) is 0 Å². The van der Waals surface area contributed by atoms with E-state index < -0.39 is 0 Å². The number of anilines is 3. The van der Waals surface area contributed by atoms with Crippen LogP contribution in [0.2, 0.25) is 0 Å². The molecule has 3 N–H and O–H groups in total. The minimum absolute atomic E-state index is 0.364. The Bertz CT molecular complexity index is 598. The molecule has 0 aliphatic rings. The van der Waals surface area contributed by atoms with Crippen molar-refractivity contribution < 1.29 is 4.74 Å². The van der Waals surface area contributed by atoms with Gasteiger partial charge < -0.3 is 15.8 Å². The first-order valence-corrected chi connectivity index (χ1v) is 6.64. The summed E-state index contributed by atoms with van der Waals surface area (Å²) >= 11 is 0. The highest BCUT2D eigenvalue weighted by Crippen LogP contribution is 2.21. The molecule has 1 heterocycles. The lowest BCUT2D eigenvalue weighted by atomic mass is 10.1. The second-order valence-electron chi connectivity index (χ2n) is 4.67. The Morgan fingerprint density at radius 1 is 1.20 bits per heavy atom. The van der Waals surface area contributed by atoms with Gasteiger partial charge in [0.15, 0.2) is 5.82 Å². The highest BCUT2D eigenvalue weighted by Gasteiger charge is 2.05. The third-order valence-electron chi connectivity index (χ3n) is 2.88. The van der Waals surface area contributed by atoms with Crippen LogP contribution in [0.25, 0.3) is 0 Å². The number of nitrogens with two attached hydrogens (primary N) is 1. The Balaban J connectivity index is 2.24. The van der Waals surface area contributed by atoms with Crippen molar-refractivity contribution in [3.8, 4) is 0 Å². The summed E-state index contributed by atoms with van der Waals surface area (Å²) in [6.45, 7) is 7.02. The van der Waals surface area contributed by atoms with Gasteiger partial charge in [0.2, 0.25) is 0 Å². The molecular weight excluding hydrogens is 252 g/mol. The van der Waals surface area contributed by atoms with Crippen molar-refractivity contribution in [1.82, 2.24) is 9.97 Å². The Kier molecular flexibility index (Phi) is 4.53. The summed E-state index contributed by atoms with van der Waals surface area (Å²) < 4.78 is 5.31. The van der Waals surface area contributed by atoms with Crippen LogP contribution < -0.4 is 11.1 Å². The summed E-state index contributed by atoms with van der Waals surface area (Å²) in [5, 5.41) is 3.28. The second-order valence-corrected chi connectivity index (χ2v) is 4.67. The number of nitrogens with one attached hydrogen (secondary N) is 1. The monoisotopic (exact) mass is 272 g/mol. The molecule has 2 rings (SSSR count). The number of nitrogen functional groups attached to an aromatic ring is 1. The summed E-state index contributed by atoms with van der Waals surface area (Å²) in [5.41, 5.74) is 9.17. The van der Waals surface area contributed by atoms with Crippen molar-refractivity contribution in [2.24, 2.45) is 0 Å². The Morgan fingerprint density at radius 3 is 2.75 bits per heavy atom. The molecule has 5 nitrogen and oxygen atoms in total. The SMILES string of the molecule is CCOCc1nc(N)cc(Nc2cc(C)ccc2C)n1. The van der Waals surface area contributed by atoms with E-state index >= 15 is 0 Å². The smallest absolute Gasteiger partial charge is 0.158 e. The first-order valence-electron chi connectivity index (χ1n) is 6.64. The fraction of sp³-hybridized carbons (Fsp3) is 0.333. The van der Waals surface area contributed by atoms with Crippen LogP contribution in [0.4, 0.5) is 17.3 Å². The van der Waals surface area contributed by atoms with Crippen LogP contribution in [-0.2, 0) is 11.3 Å². The molecule has 0 bridgehead atoms. The number of aromatic nitrogens is 2. The van der Waals surface area contributed by atoms with Crippen LogP contribution in [0.15, 0.2) is 24.3 Å². The number of hydrogen-bond donors (Lipinski definition) is 2. The van der Waals surface area contributed by atoms with Gasteiger partial charge in [-0.05, 0) is 38.0 Å². The van der Waals surface area contributed by atoms with E-state index in [1.54, 1.807) is 6.07 Å². The van der Waals surface area contributed by atoms with Crippen LogP contribution in [-0.4, -0.2) is 16.6 Å². The molecule has 2 aromatic rings. The summed E-state index contributed by atoms with van der Waals surface area (Å²) in [5.74, 6) is 1.70. The van der Waals surface area contributed by atoms with Crippen LogP contribution >= 0.6 is 0 Å². The maximum absolute atomic E-state index is 5.81. The second kappa shape index (κ2) is 6.34. The maximum Gasteiger partial charge on any atom is 0.158 e. The predicted molar refractivity (Wildman–Crippen MR) is 81.0 cm³/mol. The van der Waals surface area contributed by atoms with Gasteiger partial charge in [-0.2, -0.15) is 0 Å². The Labute approximate surface area is 119 Å². The fourth-order valence-corrected chi connectivity index (χ4v) is 1.85. The minimum Gasteiger partial charge on any atom is -0.384 e. The molecule has 1 aromatic heterocycles. The van der Waals surface area contributed by atoms with E-state index in [4.69, 9.17) is 10.5 Å². The molecule has 0 saturated heterocycles. The summed E-state index contributed by atoms with van der Waals surface area (Å²) in [7, 11) is 0. The summed E-state index contributed by atoms with van der Waals surface area (Å²) in [6.07, 6.45) is 0. The van der Waals surface area contributed by atoms with E-state index in [9.17, 15) is 0 Å². The average Bonchev–Trinajstić information content (AvgIpc) is 2.40. The molecule has 0 aliphatic carbocycles. The zero-order chi connectivity index (χ0) is 14.5. The average molecular weight is 272 g/mol. The normalized spacial score (nSPS) is 10.6. The molecule has 1 aromatic carbocycles. The first kappa shape index (κ1) is 14.3. The molecule has 5 heteroatoms. The number of aryl methyl sites for hydroxylation is 2. The lowest BCUT2D eigenvalue weighted by Gasteiger charge is -2.11. The molecule has 0 spiro atoms. The van der Waals surface area contributed by atoms with E-state index in [1.807, 2.05) is 13.8 Å². The molecule has 20 heavy (non-hydrogen) atoms. The third kappa shape index (κ3) is 3.68. The van der Waals surface area contributed by atoms with Crippen molar-refractivity contribution in [1.29, 1.82) is 0 Å². The Morgan fingerprint density at radius 2 is 2.00 bits per heavy atom. The fourth-order valence-electron chi connectivity index (χ4n) is 1.85. The van der Waals surface area contributed by atoms with Gasteiger partial charge in [0.05, 0.1) is 0 Å². The zero-order valence-electron chi connectivity index (χ0n) is 12.1. The Hall–Kier alpha value is -2.14. The molecule has 0 aliphatic heterocycles. The number of benzene rings is 1. The van der Waals surface area contributed by atoms with Gasteiger partial charge in [-0.3, -0.25) is 0 Å². The van der Waals surface area contributed by atoms with Gasteiger partial charge in [0.1, 0.15) is 18.2 Å². The molecular formula is C15H20N4O. The highest BCUT2D eigenvalue weighted by molar-refractivity contribution is 5.62. The third-order valence-corrected chi connectivity index (χ3v) is 2.88. The topological polar surface area (TPSA) is 73.1 Å². The van der Waals surface area contributed by atoms with Gasteiger partial charge in [0, 0.05) is 18.4 Å². The van der Waals surface area contributed by atoms with Crippen molar-refractivity contribution >= 4 is 17.3 Å². The van der Waals surface area contributed by atoms with Crippen molar-refractivity contribution in [3.63, 3.8) is 0 Å².